The summed E-state index contributed by atoms with van der Waals surface area (Å²) in [5.74, 6) is 0.138. The van der Waals surface area contributed by atoms with Crippen LogP contribution in [0.1, 0.15) is 37.7 Å². The summed E-state index contributed by atoms with van der Waals surface area (Å²) in [6.45, 7) is 1.42. The van der Waals surface area contributed by atoms with Gasteiger partial charge in [-0.3, -0.25) is 9.59 Å². The van der Waals surface area contributed by atoms with Crippen molar-refractivity contribution in [1.82, 2.24) is 10.2 Å². The van der Waals surface area contributed by atoms with Gasteiger partial charge in [-0.15, -0.1) is 0 Å². The predicted octanol–water partition coefficient (Wildman–Crippen LogP) is 1.85. The van der Waals surface area contributed by atoms with Crippen LogP contribution >= 0.6 is 0 Å². The minimum atomic E-state index is -0.373. The number of carbonyl (C=O) groups excluding carboxylic acids is 2. The van der Waals surface area contributed by atoms with Gasteiger partial charge >= 0.3 is 0 Å². The summed E-state index contributed by atoms with van der Waals surface area (Å²) >= 11 is 0. The Kier molecular flexibility index (Phi) is 3.03. The maximum absolute atomic E-state index is 13.3. The van der Waals surface area contributed by atoms with Crippen molar-refractivity contribution in [2.75, 3.05) is 19.6 Å². The van der Waals surface area contributed by atoms with E-state index >= 15 is 0 Å². The summed E-state index contributed by atoms with van der Waals surface area (Å²) in [5.41, 5.74) is 0.926. The number of nitrogens with one attached hydrogen (secondary N) is 1. The van der Waals surface area contributed by atoms with Crippen molar-refractivity contribution in [3.63, 3.8) is 0 Å². The van der Waals surface area contributed by atoms with Crippen molar-refractivity contribution in [2.45, 2.75) is 37.5 Å². The van der Waals surface area contributed by atoms with E-state index in [2.05, 4.69) is 17.4 Å². The van der Waals surface area contributed by atoms with E-state index < -0.39 is 0 Å². The second kappa shape index (κ2) is 4.83. The summed E-state index contributed by atoms with van der Waals surface area (Å²) in [4.78, 5) is 26.8. The van der Waals surface area contributed by atoms with Gasteiger partial charge in [0.15, 0.2) is 0 Å². The van der Waals surface area contributed by atoms with E-state index in [1.54, 1.807) is 4.90 Å². The van der Waals surface area contributed by atoms with Crippen molar-refractivity contribution in [3.8, 4) is 0 Å². The van der Waals surface area contributed by atoms with E-state index in [-0.39, 0.29) is 29.2 Å². The Morgan fingerprint density at radius 2 is 1.86 bits per heavy atom. The van der Waals surface area contributed by atoms with Gasteiger partial charge < -0.3 is 10.2 Å². The van der Waals surface area contributed by atoms with Crippen LogP contribution in [0.15, 0.2) is 30.3 Å². The molecule has 4 nitrogen and oxygen atoms in total. The molecular formula is C18H22N2O2. The molecule has 3 fully saturated rings. The number of amides is 2. The Morgan fingerprint density at radius 3 is 2.55 bits per heavy atom. The molecule has 116 valence electrons. The molecule has 1 N–H and O–H groups in total. The monoisotopic (exact) mass is 298 g/mol. The first-order chi connectivity index (χ1) is 10.7. The van der Waals surface area contributed by atoms with E-state index in [9.17, 15) is 9.59 Å². The fourth-order valence-corrected chi connectivity index (χ4v) is 4.76. The highest BCUT2D eigenvalue weighted by molar-refractivity contribution is 5.96. The standard InChI is InChI=1S/C18H22N2O2/c21-15-12-20(11-10-19-15)16(22)18(14-6-2-1-3-7-14)13-17(18)8-4-5-9-17/h1-3,6-7H,4-5,8-13H2,(H,19,21)/t18-/m0/s1. The Labute approximate surface area is 130 Å². The van der Waals surface area contributed by atoms with E-state index in [0.29, 0.717) is 13.1 Å². The van der Waals surface area contributed by atoms with Gasteiger partial charge in [-0.2, -0.15) is 0 Å². The average Bonchev–Trinajstić information content (AvgIpc) is 2.95. The summed E-state index contributed by atoms with van der Waals surface area (Å²) < 4.78 is 0. The number of nitrogens with zero attached hydrogens (tertiary/aromatic N) is 1. The highest BCUT2D eigenvalue weighted by atomic mass is 16.2. The minimum absolute atomic E-state index is 0.0380. The predicted molar refractivity (Wildman–Crippen MR) is 83.2 cm³/mol. The molecule has 1 spiro atoms. The second-order valence-electron chi connectivity index (χ2n) is 7.01. The van der Waals surface area contributed by atoms with E-state index in [1.165, 1.54) is 12.8 Å². The van der Waals surface area contributed by atoms with Gasteiger partial charge in [0, 0.05) is 13.1 Å². The van der Waals surface area contributed by atoms with Gasteiger partial charge in [-0.05, 0) is 30.2 Å². The summed E-state index contributed by atoms with van der Waals surface area (Å²) in [7, 11) is 0. The smallest absolute Gasteiger partial charge is 0.239 e. The minimum Gasteiger partial charge on any atom is -0.353 e. The van der Waals surface area contributed by atoms with Crippen LogP contribution in [0.25, 0.3) is 0 Å². The lowest BCUT2D eigenvalue weighted by molar-refractivity contribution is -0.141. The molecule has 1 aromatic rings. The Morgan fingerprint density at radius 1 is 1.14 bits per heavy atom. The number of benzene rings is 1. The third-order valence-corrected chi connectivity index (χ3v) is 5.90. The van der Waals surface area contributed by atoms with Crippen molar-refractivity contribution in [1.29, 1.82) is 0 Å². The first kappa shape index (κ1) is 13.8. The summed E-state index contributed by atoms with van der Waals surface area (Å²) in [6, 6.07) is 10.2. The topological polar surface area (TPSA) is 49.4 Å². The summed E-state index contributed by atoms with van der Waals surface area (Å²) in [5, 5.41) is 2.81. The third-order valence-electron chi connectivity index (χ3n) is 5.90. The zero-order valence-electron chi connectivity index (χ0n) is 12.8. The van der Waals surface area contributed by atoms with E-state index in [0.717, 1.165) is 24.8 Å². The Bertz CT molecular complexity index is 607. The number of hydrogen-bond acceptors (Lipinski definition) is 2. The van der Waals surface area contributed by atoms with Crippen LogP contribution in [0.2, 0.25) is 0 Å². The first-order valence-corrected chi connectivity index (χ1v) is 8.30. The van der Waals surface area contributed by atoms with Crippen molar-refractivity contribution >= 4 is 11.8 Å². The highest BCUT2D eigenvalue weighted by Gasteiger charge is 2.73. The molecule has 0 radical (unpaired) electrons. The molecule has 22 heavy (non-hydrogen) atoms. The molecule has 4 heteroatoms. The van der Waals surface area contributed by atoms with Crippen LogP contribution in [-0.4, -0.2) is 36.3 Å². The molecule has 0 unspecified atom stereocenters. The third kappa shape index (κ3) is 1.82. The van der Waals surface area contributed by atoms with Crippen LogP contribution < -0.4 is 5.32 Å². The van der Waals surface area contributed by atoms with Gasteiger partial charge in [0.05, 0.1) is 12.0 Å². The molecule has 2 amide bonds. The van der Waals surface area contributed by atoms with Gasteiger partial charge in [-0.1, -0.05) is 43.2 Å². The van der Waals surface area contributed by atoms with Crippen LogP contribution in [0, 0.1) is 5.41 Å². The molecule has 0 aromatic heterocycles. The molecule has 2 saturated carbocycles. The second-order valence-corrected chi connectivity index (χ2v) is 7.01. The zero-order chi connectivity index (χ0) is 15.2. The number of carbonyl (C=O) groups is 2. The molecule has 0 bridgehead atoms. The largest absolute Gasteiger partial charge is 0.353 e. The molecule has 1 heterocycles. The lowest BCUT2D eigenvalue weighted by atomic mass is 9.83. The van der Waals surface area contributed by atoms with Gasteiger partial charge in [-0.25, -0.2) is 0 Å². The number of hydrogen-bond donors (Lipinski definition) is 1. The van der Waals surface area contributed by atoms with E-state index in [4.69, 9.17) is 0 Å². The molecule has 1 atom stereocenters. The molecule has 1 aromatic carbocycles. The fourth-order valence-electron chi connectivity index (χ4n) is 4.76. The van der Waals surface area contributed by atoms with E-state index in [1.807, 2.05) is 18.2 Å². The normalized spacial score (nSPS) is 29.5. The van der Waals surface area contributed by atoms with Gasteiger partial charge in [0.2, 0.25) is 11.8 Å². The molecule has 1 saturated heterocycles. The molecule has 3 aliphatic rings. The van der Waals surface area contributed by atoms with Crippen LogP contribution in [-0.2, 0) is 15.0 Å². The quantitative estimate of drug-likeness (QED) is 0.906. The maximum atomic E-state index is 13.3. The molecule has 4 rings (SSSR count). The average molecular weight is 298 g/mol. The van der Waals surface area contributed by atoms with Crippen LogP contribution in [0.3, 0.4) is 0 Å². The summed E-state index contributed by atoms with van der Waals surface area (Å²) in [6.07, 6.45) is 5.70. The zero-order valence-corrected chi connectivity index (χ0v) is 12.8. The van der Waals surface area contributed by atoms with Crippen LogP contribution in [0.5, 0.6) is 0 Å². The number of piperazine rings is 1. The molecule has 2 aliphatic carbocycles. The van der Waals surface area contributed by atoms with Crippen molar-refractivity contribution < 1.29 is 9.59 Å². The lowest BCUT2D eigenvalue weighted by Gasteiger charge is -2.32. The van der Waals surface area contributed by atoms with Crippen molar-refractivity contribution in [3.05, 3.63) is 35.9 Å². The van der Waals surface area contributed by atoms with Gasteiger partial charge in [0.25, 0.3) is 0 Å². The maximum Gasteiger partial charge on any atom is 0.239 e. The SMILES string of the molecule is O=C1CN(C(=O)[C@@]2(c3ccccc3)CC23CCCC3)CCN1. The highest BCUT2D eigenvalue weighted by Crippen LogP contribution is 2.72. The first-order valence-electron chi connectivity index (χ1n) is 8.30. The molecular weight excluding hydrogens is 276 g/mol. The Hall–Kier alpha value is -1.84. The number of rotatable bonds is 2. The lowest BCUT2D eigenvalue weighted by Crippen LogP contribution is -2.53. The molecule has 1 aliphatic heterocycles. The fraction of sp³-hybridized carbons (Fsp3) is 0.556. The Balaban J connectivity index is 1.70. The van der Waals surface area contributed by atoms with Crippen LogP contribution in [0.4, 0.5) is 0 Å². The van der Waals surface area contributed by atoms with Crippen molar-refractivity contribution in [2.24, 2.45) is 5.41 Å². The van der Waals surface area contributed by atoms with Gasteiger partial charge in [0.1, 0.15) is 0 Å².